The molecule has 0 aliphatic heterocycles. The van der Waals surface area contributed by atoms with Gasteiger partial charge in [0.15, 0.2) is 5.78 Å². The zero-order chi connectivity index (χ0) is 15.6. The van der Waals surface area contributed by atoms with E-state index in [1.807, 2.05) is 4.72 Å². The minimum absolute atomic E-state index is 0.128. The number of sulfonamides is 1. The predicted octanol–water partition coefficient (Wildman–Crippen LogP) is 2.97. The molecule has 0 spiro atoms. The number of halogens is 2. The van der Waals surface area contributed by atoms with Gasteiger partial charge in [-0.1, -0.05) is 12.1 Å². The lowest BCUT2D eigenvalue weighted by atomic mass is 10.2. The maximum atomic E-state index is 13.5. The van der Waals surface area contributed by atoms with Crippen LogP contribution in [0, 0.1) is 11.6 Å². The Morgan fingerprint density at radius 3 is 2.19 bits per heavy atom. The molecule has 7 heteroatoms. The lowest BCUT2D eigenvalue weighted by Gasteiger charge is -2.09. The van der Waals surface area contributed by atoms with Gasteiger partial charge in [-0.15, -0.1) is 0 Å². The molecule has 0 aromatic heterocycles. The van der Waals surface area contributed by atoms with Crippen molar-refractivity contribution < 1.29 is 22.0 Å². The number of carbonyl (C=O) groups excluding carboxylic acids is 1. The van der Waals surface area contributed by atoms with Crippen molar-refractivity contribution in [3.05, 3.63) is 59.7 Å². The van der Waals surface area contributed by atoms with Crippen LogP contribution in [-0.4, -0.2) is 14.2 Å². The van der Waals surface area contributed by atoms with E-state index in [0.717, 1.165) is 12.1 Å². The highest BCUT2D eigenvalue weighted by Crippen LogP contribution is 2.20. The Kier molecular flexibility index (Phi) is 4.04. The van der Waals surface area contributed by atoms with Gasteiger partial charge in [0.2, 0.25) is 0 Å². The van der Waals surface area contributed by atoms with Crippen LogP contribution in [0.3, 0.4) is 0 Å². The third-order valence-electron chi connectivity index (χ3n) is 2.75. The molecule has 0 aliphatic carbocycles. The number of rotatable bonds is 4. The molecular weight excluding hydrogens is 300 g/mol. The van der Waals surface area contributed by atoms with Gasteiger partial charge in [-0.3, -0.25) is 9.52 Å². The molecule has 2 rings (SSSR count). The molecule has 4 nitrogen and oxygen atoms in total. The quantitative estimate of drug-likeness (QED) is 0.883. The molecule has 110 valence electrons. The summed E-state index contributed by atoms with van der Waals surface area (Å²) in [5.41, 5.74) is 0.00829. The van der Waals surface area contributed by atoms with Gasteiger partial charge in [-0.25, -0.2) is 17.2 Å². The van der Waals surface area contributed by atoms with Gasteiger partial charge >= 0.3 is 0 Å². The van der Waals surface area contributed by atoms with Gasteiger partial charge in [-0.2, -0.15) is 0 Å². The lowest BCUT2D eigenvalue weighted by molar-refractivity contribution is 0.101. The van der Waals surface area contributed by atoms with Gasteiger partial charge in [-0.05, 0) is 31.2 Å². The topological polar surface area (TPSA) is 63.2 Å². The van der Waals surface area contributed by atoms with E-state index in [9.17, 15) is 22.0 Å². The van der Waals surface area contributed by atoms with E-state index in [-0.39, 0.29) is 16.4 Å². The first-order valence-corrected chi connectivity index (χ1v) is 7.37. The van der Waals surface area contributed by atoms with E-state index in [0.29, 0.717) is 11.6 Å². The molecule has 0 atom stereocenters. The van der Waals surface area contributed by atoms with Crippen molar-refractivity contribution >= 4 is 21.5 Å². The van der Waals surface area contributed by atoms with Crippen molar-refractivity contribution in [1.82, 2.24) is 0 Å². The van der Waals surface area contributed by atoms with Crippen molar-refractivity contribution in [1.29, 1.82) is 0 Å². The number of hydrogen-bond donors (Lipinski definition) is 1. The highest BCUT2D eigenvalue weighted by molar-refractivity contribution is 7.92. The summed E-state index contributed by atoms with van der Waals surface area (Å²) in [4.78, 5) is 11.0. The van der Waals surface area contributed by atoms with Gasteiger partial charge in [0, 0.05) is 11.6 Å². The molecule has 0 bridgehead atoms. The number of ketones is 1. The molecule has 0 amide bonds. The Bertz CT molecular complexity index is 786. The van der Waals surface area contributed by atoms with Crippen LogP contribution in [0.5, 0.6) is 0 Å². The van der Waals surface area contributed by atoms with E-state index in [1.54, 1.807) is 0 Å². The number of hydrogen-bond acceptors (Lipinski definition) is 3. The summed E-state index contributed by atoms with van der Waals surface area (Å²) in [6, 6.07) is 7.71. The van der Waals surface area contributed by atoms with Crippen molar-refractivity contribution in [2.45, 2.75) is 11.8 Å². The SMILES string of the molecule is CC(=O)c1ccc(S(=O)(=O)Nc2ccc(F)cc2F)cc1. The third-order valence-corrected chi connectivity index (χ3v) is 4.13. The zero-order valence-electron chi connectivity index (χ0n) is 10.9. The number of Topliss-reactive ketones (excluding diaryl/α,β-unsaturated/α-hetero) is 1. The summed E-state index contributed by atoms with van der Waals surface area (Å²) >= 11 is 0. The van der Waals surface area contributed by atoms with Crippen LogP contribution in [0.15, 0.2) is 47.4 Å². The van der Waals surface area contributed by atoms with Crippen LogP contribution in [0.2, 0.25) is 0 Å². The average Bonchev–Trinajstić information content (AvgIpc) is 2.42. The normalized spacial score (nSPS) is 11.2. The van der Waals surface area contributed by atoms with Crippen LogP contribution in [0.4, 0.5) is 14.5 Å². The fourth-order valence-corrected chi connectivity index (χ4v) is 2.71. The second kappa shape index (κ2) is 5.61. The molecule has 0 saturated heterocycles. The summed E-state index contributed by atoms with van der Waals surface area (Å²) in [5.74, 6) is -2.02. The summed E-state index contributed by atoms with van der Waals surface area (Å²) < 4.78 is 52.4. The van der Waals surface area contributed by atoms with Crippen LogP contribution < -0.4 is 4.72 Å². The van der Waals surface area contributed by atoms with Gasteiger partial charge < -0.3 is 0 Å². The fraction of sp³-hybridized carbons (Fsp3) is 0.0714. The maximum absolute atomic E-state index is 13.5. The minimum Gasteiger partial charge on any atom is -0.295 e. The molecule has 0 saturated carbocycles. The Labute approximate surface area is 120 Å². The predicted molar refractivity (Wildman–Crippen MR) is 73.6 cm³/mol. The molecule has 2 aromatic rings. The van der Waals surface area contributed by atoms with Crippen molar-refractivity contribution in [3.63, 3.8) is 0 Å². The smallest absolute Gasteiger partial charge is 0.261 e. The second-order valence-corrected chi connectivity index (χ2v) is 5.99. The minimum atomic E-state index is -4.01. The van der Waals surface area contributed by atoms with Gasteiger partial charge in [0.05, 0.1) is 10.6 Å². The first-order chi connectivity index (χ1) is 9.79. The zero-order valence-corrected chi connectivity index (χ0v) is 11.7. The van der Waals surface area contributed by atoms with Crippen molar-refractivity contribution in [2.75, 3.05) is 4.72 Å². The highest BCUT2D eigenvalue weighted by atomic mass is 32.2. The van der Waals surface area contributed by atoms with Crippen LogP contribution >= 0.6 is 0 Å². The molecule has 0 aliphatic rings. The molecular formula is C14H11F2NO3S. The van der Waals surface area contributed by atoms with E-state index in [4.69, 9.17) is 0 Å². The average molecular weight is 311 g/mol. The largest absolute Gasteiger partial charge is 0.295 e. The Morgan fingerprint density at radius 1 is 1.05 bits per heavy atom. The summed E-state index contributed by atoms with van der Waals surface area (Å²) in [6.45, 7) is 1.36. The van der Waals surface area contributed by atoms with E-state index in [1.165, 1.54) is 31.2 Å². The standard InChI is InChI=1S/C14H11F2NO3S/c1-9(18)10-2-5-12(6-3-10)21(19,20)17-14-7-4-11(15)8-13(14)16/h2-8,17H,1H3. The van der Waals surface area contributed by atoms with Crippen LogP contribution in [0.1, 0.15) is 17.3 Å². The summed E-state index contributed by atoms with van der Waals surface area (Å²) in [5, 5.41) is 0. The number of anilines is 1. The molecule has 0 heterocycles. The first-order valence-electron chi connectivity index (χ1n) is 5.88. The number of nitrogens with one attached hydrogen (secondary N) is 1. The van der Waals surface area contributed by atoms with Crippen molar-refractivity contribution in [3.8, 4) is 0 Å². The third kappa shape index (κ3) is 3.43. The molecule has 0 radical (unpaired) electrons. The highest BCUT2D eigenvalue weighted by Gasteiger charge is 2.16. The van der Waals surface area contributed by atoms with E-state index < -0.39 is 21.7 Å². The molecule has 1 N–H and O–H groups in total. The number of benzene rings is 2. The van der Waals surface area contributed by atoms with Gasteiger partial charge in [0.1, 0.15) is 11.6 Å². The molecule has 2 aromatic carbocycles. The molecule has 0 unspecified atom stereocenters. The molecule has 0 fully saturated rings. The second-order valence-electron chi connectivity index (χ2n) is 4.31. The summed E-state index contributed by atoms with van der Waals surface area (Å²) in [6.07, 6.45) is 0. The Hall–Kier alpha value is -2.28. The number of carbonyl (C=O) groups is 1. The fourth-order valence-electron chi connectivity index (χ4n) is 1.64. The Balaban J connectivity index is 2.31. The van der Waals surface area contributed by atoms with Crippen LogP contribution in [-0.2, 0) is 10.0 Å². The maximum Gasteiger partial charge on any atom is 0.261 e. The monoisotopic (exact) mass is 311 g/mol. The molecule has 21 heavy (non-hydrogen) atoms. The Morgan fingerprint density at radius 2 is 1.67 bits per heavy atom. The lowest BCUT2D eigenvalue weighted by Crippen LogP contribution is -2.14. The van der Waals surface area contributed by atoms with E-state index >= 15 is 0 Å². The van der Waals surface area contributed by atoms with Gasteiger partial charge in [0.25, 0.3) is 10.0 Å². The van der Waals surface area contributed by atoms with Crippen molar-refractivity contribution in [2.24, 2.45) is 0 Å². The first kappa shape index (κ1) is 15.1. The summed E-state index contributed by atoms with van der Waals surface area (Å²) in [7, 11) is -4.01. The van der Waals surface area contributed by atoms with Crippen LogP contribution in [0.25, 0.3) is 0 Å². The van der Waals surface area contributed by atoms with E-state index in [2.05, 4.69) is 0 Å².